The van der Waals surface area contributed by atoms with Crippen LogP contribution in [0.1, 0.15) is 1.43 Å². The predicted octanol–water partition coefficient (Wildman–Crippen LogP) is -6.08. The largest absolute Gasteiger partial charge is 1.00 e. The van der Waals surface area contributed by atoms with Gasteiger partial charge in [-0.05, 0) is 0 Å². The molecule has 0 saturated heterocycles. The van der Waals surface area contributed by atoms with Crippen LogP contribution in [-0.4, -0.2) is 17.5 Å². The van der Waals surface area contributed by atoms with Crippen molar-refractivity contribution in [1.82, 2.24) is 0 Å². The molecule has 0 unspecified atom stereocenters. The maximum atomic E-state index is 8.74. The van der Waals surface area contributed by atoms with Gasteiger partial charge in [0.05, 0.1) is 0 Å². The smallest absolute Gasteiger partial charge is 1.00 e. The van der Waals surface area contributed by atoms with Crippen LogP contribution in [0.5, 0.6) is 0 Å². The zero-order valence-corrected chi connectivity index (χ0v) is 9.94. The Bertz CT molecular complexity index is 102. The van der Waals surface area contributed by atoms with E-state index in [4.69, 9.17) is 17.5 Å². The van der Waals surface area contributed by atoms with Crippen molar-refractivity contribution in [2.75, 3.05) is 0 Å². The molecule has 0 aliphatic carbocycles. The normalized spacial score (nSPS) is 7.25. The Morgan fingerprint density at radius 3 is 1.12 bits per heavy atom. The van der Waals surface area contributed by atoms with Gasteiger partial charge in [-0.1, -0.05) is 0 Å². The van der Waals surface area contributed by atoms with Crippen molar-refractivity contribution < 1.29 is 78.1 Å². The second-order valence-electron chi connectivity index (χ2n) is 0.448. The molecule has 42 valence electrons. The monoisotopic (exact) mass is 160 g/mol. The fourth-order valence-electron chi connectivity index (χ4n) is 0. The third kappa shape index (κ3) is 106. The Balaban J connectivity index is -0.0000000133. The average molecular weight is 160 g/mol. The van der Waals surface area contributed by atoms with Gasteiger partial charge in [0.25, 0.3) is 0 Å². The number of hydrogen-bond acceptors (Lipinski definition) is 2. The van der Waals surface area contributed by atoms with Crippen molar-refractivity contribution in [2.45, 2.75) is 0 Å². The Morgan fingerprint density at radius 2 is 1.12 bits per heavy atom. The van der Waals surface area contributed by atoms with Crippen molar-refractivity contribution in [3.8, 4) is 0 Å². The van der Waals surface area contributed by atoms with E-state index in [1.54, 1.807) is 0 Å². The molecule has 0 aromatic rings. The van der Waals surface area contributed by atoms with E-state index >= 15 is 0 Å². The molecular weight excluding hydrogens is 154 g/mol. The van der Waals surface area contributed by atoms with Gasteiger partial charge in [0, 0.05) is 0 Å². The minimum absolute atomic E-state index is 0. The van der Waals surface area contributed by atoms with Crippen LogP contribution in [0.2, 0.25) is 0 Å². The summed E-state index contributed by atoms with van der Waals surface area (Å²) in [6.07, 6.45) is 0. The SMILES string of the molecule is O=S(=O)(O)O.[CH3-].[H-].[Na+].[Na+]. The molecule has 0 heterocycles. The van der Waals surface area contributed by atoms with E-state index in [0.29, 0.717) is 0 Å². The number of rotatable bonds is 0. The van der Waals surface area contributed by atoms with Gasteiger partial charge >= 0.3 is 69.5 Å². The van der Waals surface area contributed by atoms with Gasteiger partial charge in [-0.3, -0.25) is 9.11 Å². The molecule has 0 radical (unpaired) electrons. The molecule has 0 atom stereocenters. The van der Waals surface area contributed by atoms with Crippen LogP contribution in [0.25, 0.3) is 0 Å². The Hall–Kier alpha value is 1.87. The molecule has 0 saturated carbocycles. The molecule has 8 heavy (non-hydrogen) atoms. The quantitative estimate of drug-likeness (QED) is 0.210. The zero-order chi connectivity index (χ0) is 4.50. The first kappa shape index (κ1) is 22.5. The predicted molar refractivity (Wildman–Crippen MR) is 21.7 cm³/mol. The first-order chi connectivity index (χ1) is 2.00. The van der Waals surface area contributed by atoms with Crippen LogP contribution in [0, 0.1) is 7.43 Å². The second-order valence-corrected chi connectivity index (χ2v) is 1.34. The standard InChI is InChI=1S/CH3.2Na.H2O4S.H/c;;;1-5(2,3)4;/h1H3;;;(H2,1,2,3,4);/q-1;2*+1;;-1. The molecule has 0 fully saturated rings. The second kappa shape index (κ2) is 8.87. The zero-order valence-electron chi connectivity index (χ0n) is 6.12. The van der Waals surface area contributed by atoms with Gasteiger partial charge in [-0.25, -0.2) is 0 Å². The van der Waals surface area contributed by atoms with Crippen LogP contribution in [0.3, 0.4) is 0 Å². The Labute approximate surface area is 94.7 Å². The topological polar surface area (TPSA) is 74.6 Å². The third-order valence-electron chi connectivity index (χ3n) is 0. The maximum absolute atomic E-state index is 8.74. The average Bonchev–Trinajstić information content (AvgIpc) is 0.722. The molecule has 0 spiro atoms. The fourth-order valence-corrected chi connectivity index (χ4v) is 0. The summed E-state index contributed by atoms with van der Waals surface area (Å²) in [5.41, 5.74) is 0. The molecule has 0 aromatic heterocycles. The Morgan fingerprint density at radius 1 is 1.12 bits per heavy atom. The summed E-state index contributed by atoms with van der Waals surface area (Å²) in [5.74, 6) is 0. The fraction of sp³-hybridized carbons (Fsp3) is 0. The van der Waals surface area contributed by atoms with Crippen LogP contribution in [0.4, 0.5) is 0 Å². The molecule has 0 aliphatic heterocycles. The van der Waals surface area contributed by atoms with E-state index in [1.807, 2.05) is 0 Å². The molecule has 7 heteroatoms. The molecule has 0 aliphatic rings. The van der Waals surface area contributed by atoms with E-state index in [0.717, 1.165) is 0 Å². The van der Waals surface area contributed by atoms with Crippen LogP contribution in [-0.2, 0) is 10.4 Å². The van der Waals surface area contributed by atoms with Crippen LogP contribution >= 0.6 is 0 Å². The third-order valence-corrected chi connectivity index (χ3v) is 0. The molecule has 0 bridgehead atoms. The van der Waals surface area contributed by atoms with Gasteiger partial charge in [-0.2, -0.15) is 8.42 Å². The molecule has 4 nitrogen and oxygen atoms in total. The van der Waals surface area contributed by atoms with Crippen molar-refractivity contribution >= 4 is 10.4 Å². The van der Waals surface area contributed by atoms with E-state index < -0.39 is 10.4 Å². The molecule has 0 rings (SSSR count). The molecular formula is CH6Na2O4S. The van der Waals surface area contributed by atoms with E-state index in [1.165, 1.54) is 0 Å². The maximum Gasteiger partial charge on any atom is 1.00 e. The van der Waals surface area contributed by atoms with Crippen molar-refractivity contribution in [3.63, 3.8) is 0 Å². The van der Waals surface area contributed by atoms with Gasteiger partial charge in [0.15, 0.2) is 0 Å². The van der Waals surface area contributed by atoms with E-state index in [9.17, 15) is 0 Å². The van der Waals surface area contributed by atoms with Crippen molar-refractivity contribution in [2.24, 2.45) is 0 Å². The minimum Gasteiger partial charge on any atom is -1.00 e. The van der Waals surface area contributed by atoms with E-state index in [2.05, 4.69) is 0 Å². The van der Waals surface area contributed by atoms with E-state index in [-0.39, 0.29) is 68.0 Å². The minimum atomic E-state index is -4.67. The number of hydrogen-bond donors (Lipinski definition) is 2. The Kier molecular flexibility index (Phi) is 25.0. The summed E-state index contributed by atoms with van der Waals surface area (Å²) in [5, 5.41) is 0. The molecule has 0 amide bonds. The molecule has 2 N–H and O–H groups in total. The van der Waals surface area contributed by atoms with Crippen molar-refractivity contribution in [1.29, 1.82) is 0 Å². The summed E-state index contributed by atoms with van der Waals surface area (Å²) in [4.78, 5) is 0. The summed E-state index contributed by atoms with van der Waals surface area (Å²) in [6.45, 7) is 0. The van der Waals surface area contributed by atoms with Gasteiger partial charge < -0.3 is 8.85 Å². The molecule has 0 aromatic carbocycles. The van der Waals surface area contributed by atoms with Crippen molar-refractivity contribution in [3.05, 3.63) is 7.43 Å². The van der Waals surface area contributed by atoms with Crippen LogP contribution < -0.4 is 59.1 Å². The summed E-state index contributed by atoms with van der Waals surface area (Å²) in [6, 6.07) is 0. The van der Waals surface area contributed by atoms with Crippen LogP contribution in [0.15, 0.2) is 0 Å². The van der Waals surface area contributed by atoms with Gasteiger partial charge in [0.2, 0.25) is 0 Å². The first-order valence-electron chi connectivity index (χ1n) is 0.698. The van der Waals surface area contributed by atoms with Gasteiger partial charge in [0.1, 0.15) is 0 Å². The summed E-state index contributed by atoms with van der Waals surface area (Å²) < 4.78 is 31.6. The van der Waals surface area contributed by atoms with Gasteiger partial charge in [-0.15, -0.1) is 0 Å². The summed E-state index contributed by atoms with van der Waals surface area (Å²) >= 11 is 0. The first-order valence-corrected chi connectivity index (χ1v) is 2.10. The summed E-state index contributed by atoms with van der Waals surface area (Å²) in [7, 11) is -4.67.